The molecule has 0 spiro atoms. The number of aliphatic carboxylic acids is 1. The van der Waals surface area contributed by atoms with Crippen LogP contribution in [0, 0.1) is 13.8 Å². The Morgan fingerprint density at radius 1 is 1.26 bits per heavy atom. The van der Waals surface area contributed by atoms with Crippen molar-refractivity contribution < 1.29 is 19.4 Å². The quantitative estimate of drug-likeness (QED) is 0.689. The van der Waals surface area contributed by atoms with Crippen LogP contribution in [0.5, 0.6) is 5.75 Å². The number of nitrogens with one attached hydrogen (secondary N) is 1. The molecule has 0 saturated carbocycles. The summed E-state index contributed by atoms with van der Waals surface area (Å²) in [5.41, 5.74) is 3.48. The fourth-order valence-corrected chi connectivity index (χ4v) is 2.92. The highest BCUT2D eigenvalue weighted by Gasteiger charge is 2.17. The van der Waals surface area contributed by atoms with Gasteiger partial charge in [-0.3, -0.25) is 9.48 Å². The predicted molar refractivity (Wildman–Crippen MR) is 98.7 cm³/mol. The van der Waals surface area contributed by atoms with Crippen LogP contribution in [0.2, 0.25) is 0 Å². The van der Waals surface area contributed by atoms with Gasteiger partial charge in [-0.15, -0.1) is 0 Å². The summed E-state index contributed by atoms with van der Waals surface area (Å²) in [6, 6.07) is 8.70. The van der Waals surface area contributed by atoms with Gasteiger partial charge in [-0.2, -0.15) is 5.10 Å². The Hall–Kier alpha value is -3.42. The number of aryl methyl sites for hydroxylation is 3. The SMILES string of the molecule is Cc1cc(C(=O)NCc2cccc(OCC(=O)O)c2)c2c(C)nn(C)c2n1. The number of aromatic nitrogens is 3. The van der Waals surface area contributed by atoms with Crippen LogP contribution in [0.3, 0.4) is 0 Å². The van der Waals surface area contributed by atoms with Crippen LogP contribution in [0.4, 0.5) is 0 Å². The first-order valence-corrected chi connectivity index (χ1v) is 8.38. The van der Waals surface area contributed by atoms with Crippen LogP contribution < -0.4 is 10.1 Å². The first kappa shape index (κ1) is 18.4. The molecule has 8 heteroatoms. The maximum absolute atomic E-state index is 12.8. The summed E-state index contributed by atoms with van der Waals surface area (Å²) < 4.78 is 6.82. The fourth-order valence-electron chi connectivity index (χ4n) is 2.92. The van der Waals surface area contributed by atoms with Crippen LogP contribution in [0.15, 0.2) is 30.3 Å². The van der Waals surface area contributed by atoms with Gasteiger partial charge >= 0.3 is 5.97 Å². The van der Waals surface area contributed by atoms with Gasteiger partial charge in [0, 0.05) is 19.3 Å². The van der Waals surface area contributed by atoms with E-state index in [1.807, 2.05) is 19.9 Å². The maximum atomic E-state index is 12.8. The summed E-state index contributed by atoms with van der Waals surface area (Å²) in [5, 5.41) is 16.7. The van der Waals surface area contributed by atoms with Gasteiger partial charge in [0.1, 0.15) is 5.75 Å². The third kappa shape index (κ3) is 4.05. The topological polar surface area (TPSA) is 106 Å². The summed E-state index contributed by atoms with van der Waals surface area (Å²) in [6.45, 7) is 3.55. The number of hydrogen-bond donors (Lipinski definition) is 2. The number of pyridine rings is 1. The van der Waals surface area contributed by atoms with E-state index in [1.54, 1.807) is 36.0 Å². The second-order valence-corrected chi connectivity index (χ2v) is 6.23. The molecule has 140 valence electrons. The van der Waals surface area contributed by atoms with Crippen LogP contribution in [0.25, 0.3) is 11.0 Å². The summed E-state index contributed by atoms with van der Waals surface area (Å²) in [6.07, 6.45) is 0. The molecular weight excluding hydrogens is 348 g/mol. The lowest BCUT2D eigenvalue weighted by atomic mass is 10.1. The molecule has 0 aliphatic carbocycles. The molecule has 0 bridgehead atoms. The smallest absolute Gasteiger partial charge is 0.341 e. The highest BCUT2D eigenvalue weighted by Crippen LogP contribution is 2.22. The van der Waals surface area contributed by atoms with E-state index in [2.05, 4.69) is 15.4 Å². The van der Waals surface area contributed by atoms with Crippen LogP contribution in [-0.4, -0.2) is 38.4 Å². The average Bonchev–Trinajstić information content (AvgIpc) is 2.91. The van der Waals surface area contributed by atoms with Gasteiger partial charge in [0.2, 0.25) is 0 Å². The third-order valence-corrected chi connectivity index (χ3v) is 4.06. The molecule has 3 rings (SSSR count). The second kappa shape index (κ2) is 7.45. The second-order valence-electron chi connectivity index (χ2n) is 6.23. The number of rotatable bonds is 6. The first-order chi connectivity index (χ1) is 12.8. The van der Waals surface area contributed by atoms with Crippen LogP contribution in [0.1, 0.15) is 27.3 Å². The lowest BCUT2D eigenvalue weighted by Gasteiger charge is -2.09. The normalized spacial score (nSPS) is 10.8. The van der Waals surface area contributed by atoms with Crippen molar-refractivity contribution in [2.45, 2.75) is 20.4 Å². The molecule has 2 N–H and O–H groups in total. The highest BCUT2D eigenvalue weighted by molar-refractivity contribution is 6.06. The van der Waals surface area contributed by atoms with Gasteiger partial charge in [-0.05, 0) is 37.6 Å². The van der Waals surface area contributed by atoms with E-state index < -0.39 is 12.6 Å². The summed E-state index contributed by atoms with van der Waals surface area (Å²) in [7, 11) is 1.80. The average molecular weight is 368 g/mol. The van der Waals surface area contributed by atoms with E-state index in [0.717, 1.165) is 22.3 Å². The molecule has 2 heterocycles. The van der Waals surface area contributed by atoms with Crippen molar-refractivity contribution >= 4 is 22.9 Å². The zero-order valence-electron chi connectivity index (χ0n) is 15.3. The molecular formula is C19H20N4O4. The molecule has 3 aromatic rings. The Balaban J connectivity index is 1.78. The minimum Gasteiger partial charge on any atom is -0.482 e. The Labute approximate surface area is 155 Å². The van der Waals surface area contributed by atoms with Crippen molar-refractivity contribution in [1.82, 2.24) is 20.1 Å². The molecule has 0 aliphatic rings. The van der Waals surface area contributed by atoms with Crippen molar-refractivity contribution in [2.24, 2.45) is 7.05 Å². The number of carboxylic acid groups (broad SMARTS) is 1. The number of ether oxygens (including phenoxy) is 1. The van der Waals surface area contributed by atoms with E-state index in [0.29, 0.717) is 17.0 Å². The zero-order chi connectivity index (χ0) is 19.6. The summed E-state index contributed by atoms with van der Waals surface area (Å²) in [5.74, 6) is -0.828. The minimum absolute atomic E-state index is 0.224. The van der Waals surface area contributed by atoms with Gasteiger partial charge in [-0.25, -0.2) is 9.78 Å². The van der Waals surface area contributed by atoms with Gasteiger partial charge in [0.25, 0.3) is 5.91 Å². The molecule has 0 fully saturated rings. The van der Waals surface area contributed by atoms with E-state index >= 15 is 0 Å². The minimum atomic E-state index is -1.04. The number of carbonyl (C=O) groups excluding carboxylic acids is 1. The van der Waals surface area contributed by atoms with Crippen molar-refractivity contribution in [3.63, 3.8) is 0 Å². The molecule has 1 aromatic carbocycles. The lowest BCUT2D eigenvalue weighted by molar-refractivity contribution is -0.139. The Kier molecular flexibility index (Phi) is 5.07. The molecule has 0 atom stereocenters. The lowest BCUT2D eigenvalue weighted by Crippen LogP contribution is -2.23. The summed E-state index contributed by atoms with van der Waals surface area (Å²) >= 11 is 0. The van der Waals surface area contributed by atoms with E-state index in [4.69, 9.17) is 9.84 Å². The molecule has 0 aliphatic heterocycles. The zero-order valence-corrected chi connectivity index (χ0v) is 15.3. The Morgan fingerprint density at radius 2 is 2.04 bits per heavy atom. The van der Waals surface area contributed by atoms with Gasteiger partial charge in [0.05, 0.1) is 16.6 Å². The number of fused-ring (bicyclic) bond motifs is 1. The number of nitrogens with zero attached hydrogens (tertiary/aromatic N) is 3. The maximum Gasteiger partial charge on any atom is 0.341 e. The van der Waals surface area contributed by atoms with Crippen molar-refractivity contribution in [3.05, 3.63) is 52.8 Å². The number of benzene rings is 1. The third-order valence-electron chi connectivity index (χ3n) is 4.06. The molecule has 1 amide bonds. The Morgan fingerprint density at radius 3 is 2.78 bits per heavy atom. The fraction of sp³-hybridized carbons (Fsp3) is 0.263. The molecule has 0 unspecified atom stereocenters. The number of hydrogen-bond acceptors (Lipinski definition) is 5. The van der Waals surface area contributed by atoms with Crippen molar-refractivity contribution in [3.8, 4) is 5.75 Å². The van der Waals surface area contributed by atoms with E-state index in [9.17, 15) is 9.59 Å². The van der Waals surface area contributed by atoms with Gasteiger partial charge < -0.3 is 15.2 Å². The van der Waals surface area contributed by atoms with E-state index in [1.165, 1.54) is 0 Å². The van der Waals surface area contributed by atoms with Crippen molar-refractivity contribution in [2.75, 3.05) is 6.61 Å². The Bertz CT molecular complexity index is 1030. The predicted octanol–water partition coefficient (Wildman–Crippen LogP) is 1.98. The molecule has 8 nitrogen and oxygen atoms in total. The van der Waals surface area contributed by atoms with Crippen LogP contribution >= 0.6 is 0 Å². The number of carbonyl (C=O) groups is 2. The molecule has 27 heavy (non-hydrogen) atoms. The molecule has 0 radical (unpaired) electrons. The van der Waals surface area contributed by atoms with Crippen molar-refractivity contribution in [1.29, 1.82) is 0 Å². The largest absolute Gasteiger partial charge is 0.482 e. The van der Waals surface area contributed by atoms with E-state index in [-0.39, 0.29) is 12.5 Å². The van der Waals surface area contributed by atoms with Crippen LogP contribution in [-0.2, 0) is 18.4 Å². The first-order valence-electron chi connectivity index (χ1n) is 8.38. The number of carboxylic acids is 1. The number of amides is 1. The molecule has 0 saturated heterocycles. The molecule has 2 aromatic heterocycles. The monoisotopic (exact) mass is 368 g/mol. The summed E-state index contributed by atoms with van der Waals surface area (Å²) in [4.78, 5) is 27.8. The van der Waals surface area contributed by atoms with Gasteiger partial charge in [-0.1, -0.05) is 12.1 Å². The van der Waals surface area contributed by atoms with Gasteiger partial charge in [0.15, 0.2) is 12.3 Å². The standard InChI is InChI=1S/C19H20N4O4/c1-11-7-15(17-12(2)22-23(3)18(17)21-11)19(26)20-9-13-5-4-6-14(8-13)27-10-16(24)25/h4-8H,9-10H2,1-3H3,(H,20,26)(H,24,25). The highest BCUT2D eigenvalue weighted by atomic mass is 16.5.